The highest BCUT2D eigenvalue weighted by atomic mass is 32.2. The van der Waals surface area contributed by atoms with Gasteiger partial charge in [-0.2, -0.15) is 16.8 Å². The van der Waals surface area contributed by atoms with Gasteiger partial charge in [0.25, 0.3) is 20.2 Å². The van der Waals surface area contributed by atoms with Gasteiger partial charge in [-0.05, 0) is 84.6 Å². The van der Waals surface area contributed by atoms with Crippen molar-refractivity contribution in [2.75, 3.05) is 6.61 Å². The fourth-order valence-corrected chi connectivity index (χ4v) is 12.2. The molecule has 0 radical (unpaired) electrons. The fourth-order valence-electron chi connectivity index (χ4n) is 9.94. The molecule has 15 heteroatoms. The van der Waals surface area contributed by atoms with E-state index in [1.807, 2.05) is 13.8 Å². The molecule has 8 atom stereocenters. The largest absolute Gasteiger partial charge is 0.372 e. The summed E-state index contributed by atoms with van der Waals surface area (Å²) in [7, 11) is -9.19. The van der Waals surface area contributed by atoms with Crippen molar-refractivity contribution in [3.8, 4) is 23.7 Å². The Morgan fingerprint density at radius 1 is 0.676 bits per heavy atom. The van der Waals surface area contributed by atoms with Crippen LogP contribution in [0.2, 0.25) is 0 Å². The van der Waals surface area contributed by atoms with Crippen molar-refractivity contribution < 1.29 is 58.7 Å². The van der Waals surface area contributed by atoms with Crippen molar-refractivity contribution >= 4 is 20.2 Å². The van der Waals surface area contributed by atoms with Gasteiger partial charge in [-0.3, -0.25) is 4.18 Å². The number of hydrogen-bond acceptors (Lipinski definition) is 13. The summed E-state index contributed by atoms with van der Waals surface area (Å²) < 4.78 is 107. The van der Waals surface area contributed by atoms with Crippen LogP contribution in [0.4, 0.5) is 0 Å². The Morgan fingerprint density at radius 3 is 1.90 bits per heavy atom. The van der Waals surface area contributed by atoms with E-state index in [0.29, 0.717) is 6.42 Å². The van der Waals surface area contributed by atoms with Crippen LogP contribution in [0.5, 0.6) is 0 Å². The van der Waals surface area contributed by atoms with Crippen LogP contribution in [0.3, 0.4) is 0 Å². The van der Waals surface area contributed by atoms with Crippen LogP contribution in [0.15, 0.2) is 52.3 Å². The van der Waals surface area contributed by atoms with Crippen molar-refractivity contribution in [3.05, 3.63) is 59.2 Å². The van der Waals surface area contributed by atoms with Crippen molar-refractivity contribution in [3.63, 3.8) is 0 Å². The predicted molar refractivity (Wildman–Crippen MR) is 256 cm³/mol. The molecule has 13 nitrogen and oxygen atoms in total. The number of benzene rings is 2. The maximum atomic E-state index is 15.2. The Hall–Kier alpha value is -2.90. The summed E-state index contributed by atoms with van der Waals surface area (Å²) >= 11 is 0. The quantitative estimate of drug-likeness (QED) is 0.0759. The van der Waals surface area contributed by atoms with Gasteiger partial charge in [-0.25, -0.2) is 4.18 Å². The molecule has 7 rings (SSSR count). The Bertz CT molecular complexity index is 2370. The van der Waals surface area contributed by atoms with Crippen LogP contribution in [-0.4, -0.2) is 88.3 Å². The third-order valence-electron chi connectivity index (χ3n) is 13.6. The van der Waals surface area contributed by atoms with E-state index in [9.17, 15) is 13.5 Å². The molecule has 2 unspecified atom stereocenters. The molecule has 2 aromatic carbocycles. The van der Waals surface area contributed by atoms with Crippen molar-refractivity contribution in [2.24, 2.45) is 5.92 Å². The van der Waals surface area contributed by atoms with E-state index in [2.05, 4.69) is 30.6 Å². The summed E-state index contributed by atoms with van der Waals surface area (Å²) in [5.74, 6) is 10.6. The first-order valence-corrected chi connectivity index (χ1v) is 27.9. The maximum absolute atomic E-state index is 15.2. The molecular formula is C53H74O13S2. The molecule has 5 aliphatic rings. The number of fused-ring (bicyclic) bond motifs is 2. The Morgan fingerprint density at radius 2 is 1.25 bits per heavy atom. The van der Waals surface area contributed by atoms with E-state index in [1.165, 1.54) is 63.1 Å². The minimum absolute atomic E-state index is 0.0815. The predicted octanol–water partition coefficient (Wildman–Crippen LogP) is 9.47. The molecule has 4 heterocycles. The van der Waals surface area contributed by atoms with E-state index in [-0.39, 0.29) is 27.7 Å². The second-order valence-electron chi connectivity index (χ2n) is 20.3. The van der Waals surface area contributed by atoms with E-state index in [1.54, 1.807) is 52.0 Å². The molecule has 376 valence electrons. The molecule has 0 spiro atoms. The van der Waals surface area contributed by atoms with Crippen LogP contribution in [-0.2, 0) is 63.4 Å². The first-order chi connectivity index (χ1) is 32.3. The van der Waals surface area contributed by atoms with E-state index in [0.717, 1.165) is 68.9 Å². The molecule has 68 heavy (non-hydrogen) atoms. The van der Waals surface area contributed by atoms with Gasteiger partial charge in [0, 0.05) is 18.8 Å². The number of aryl methyl sites for hydroxylation is 2. The van der Waals surface area contributed by atoms with Crippen molar-refractivity contribution in [2.45, 2.75) is 234 Å². The van der Waals surface area contributed by atoms with Crippen molar-refractivity contribution in [1.82, 2.24) is 0 Å². The molecule has 1 N–H and O–H groups in total. The molecule has 2 aromatic rings. The lowest BCUT2D eigenvalue weighted by atomic mass is 9.85. The zero-order chi connectivity index (χ0) is 48.8. The van der Waals surface area contributed by atoms with Crippen LogP contribution in [0, 0.1) is 43.4 Å². The molecule has 4 aliphatic heterocycles. The van der Waals surface area contributed by atoms with E-state index in [4.69, 9.17) is 36.8 Å². The molecule has 4 saturated heterocycles. The van der Waals surface area contributed by atoms with Gasteiger partial charge in [0.2, 0.25) is 5.60 Å². The lowest BCUT2D eigenvalue weighted by Crippen LogP contribution is -2.53. The normalized spacial score (nSPS) is 29.8. The van der Waals surface area contributed by atoms with Gasteiger partial charge in [0.05, 0.1) is 16.4 Å². The van der Waals surface area contributed by atoms with Crippen LogP contribution >= 0.6 is 0 Å². The van der Waals surface area contributed by atoms with Gasteiger partial charge >= 0.3 is 0 Å². The van der Waals surface area contributed by atoms with Gasteiger partial charge < -0.3 is 33.5 Å². The summed E-state index contributed by atoms with van der Waals surface area (Å²) in [6, 6.07) is 11.0. The van der Waals surface area contributed by atoms with Gasteiger partial charge in [-0.1, -0.05) is 144 Å². The number of unbranched alkanes of at least 4 members (excludes halogenated alkanes) is 11. The molecule has 5 fully saturated rings. The smallest absolute Gasteiger partial charge is 0.298 e. The van der Waals surface area contributed by atoms with Gasteiger partial charge in [-0.15, -0.1) is 5.92 Å². The summed E-state index contributed by atoms with van der Waals surface area (Å²) in [6.07, 6.45) is 11.3. The minimum atomic E-state index is -4.84. The zero-order valence-corrected chi connectivity index (χ0v) is 42.8. The van der Waals surface area contributed by atoms with Gasteiger partial charge in [0.1, 0.15) is 12.2 Å². The maximum Gasteiger partial charge on any atom is 0.298 e. The molecule has 0 bridgehead atoms. The van der Waals surface area contributed by atoms with Crippen molar-refractivity contribution in [1.29, 1.82) is 0 Å². The number of hydrogen-bond donors (Lipinski definition) is 1. The molecule has 1 saturated carbocycles. The second-order valence-corrected chi connectivity index (χ2v) is 23.4. The number of rotatable bonds is 20. The molecule has 1 aliphatic carbocycles. The number of aliphatic hydroxyl groups is 1. The highest BCUT2D eigenvalue weighted by Gasteiger charge is 2.67. The van der Waals surface area contributed by atoms with Crippen LogP contribution in [0.1, 0.15) is 160 Å². The third-order valence-corrected chi connectivity index (χ3v) is 16.4. The highest BCUT2D eigenvalue weighted by molar-refractivity contribution is 7.87. The molecular weight excluding hydrogens is 909 g/mol. The highest BCUT2D eigenvalue weighted by Crippen LogP contribution is 2.48. The monoisotopic (exact) mass is 982 g/mol. The fraction of sp³-hybridized carbons (Fsp3) is 0.698. The first-order valence-electron chi connectivity index (χ1n) is 25.0. The Balaban J connectivity index is 1.18. The lowest BCUT2D eigenvalue weighted by Gasteiger charge is -2.33. The van der Waals surface area contributed by atoms with E-state index < -0.39 is 86.6 Å². The van der Waals surface area contributed by atoms with Crippen LogP contribution in [0.25, 0.3) is 0 Å². The summed E-state index contributed by atoms with van der Waals surface area (Å²) in [5.41, 5.74) is -2.10. The lowest BCUT2D eigenvalue weighted by molar-refractivity contribution is -0.222. The summed E-state index contributed by atoms with van der Waals surface area (Å²) in [6.45, 7) is 12.1. The standard InChI is InChI=1S/C53H74O13S2/c1-8-9-10-11-12-13-14-15-16-17-18-19-23-33-53(45(61-49-47(53)63-51(6,7)65-49)37-59-67(55,56)42-29-26-38(2)27-30-42)66-68(57,58)43-31-28-39(3)35-41(43)36-44-52(54,34-32-40-24-21-20-22-25-40)46-48(60-44)64-50(4,5)62-46/h26-31,35,40,44-49,54H,8-22,24-25,36-37H2,1-7H3/t44?,45?,46-,47-,48+,49+,52+,53+/m0/s1. The third kappa shape index (κ3) is 12.8. The topological polar surface area (TPSA) is 162 Å². The number of ether oxygens (including phenoxy) is 6. The average molecular weight is 983 g/mol. The molecule has 0 aromatic heterocycles. The zero-order valence-electron chi connectivity index (χ0n) is 41.2. The molecule has 0 amide bonds. The Kier molecular flexibility index (Phi) is 17.3. The van der Waals surface area contributed by atoms with Gasteiger partial charge in [0.15, 0.2) is 42.0 Å². The first kappa shape index (κ1) is 52.9. The average Bonchev–Trinajstić information content (AvgIpc) is 3.93. The summed E-state index contributed by atoms with van der Waals surface area (Å²) in [5, 5.41) is 12.5. The van der Waals surface area contributed by atoms with E-state index >= 15 is 8.42 Å². The van der Waals surface area contributed by atoms with Crippen LogP contribution < -0.4 is 0 Å². The Labute approximate surface area is 406 Å². The second kappa shape index (κ2) is 22.3. The minimum Gasteiger partial charge on any atom is -0.372 e. The SMILES string of the molecule is CCCCCCCCCCCCCC#C[C@@]1(OS(=O)(=O)c2ccc(C)cc2CC2O[C@@H]3OC(C)(C)O[C@@H]3[C@@]2(O)C#CC2CCCCC2)C(COS(=O)(=O)c2ccc(C)cc2)O[C@@H]2OC(C)(C)O[C@@H]21. The summed E-state index contributed by atoms with van der Waals surface area (Å²) in [4.78, 5) is -0.296.